The summed E-state index contributed by atoms with van der Waals surface area (Å²) >= 11 is 0. The van der Waals surface area contributed by atoms with Crippen molar-refractivity contribution in [3.63, 3.8) is 0 Å². The van der Waals surface area contributed by atoms with Gasteiger partial charge in [0.2, 0.25) is 5.82 Å². The van der Waals surface area contributed by atoms with Crippen LogP contribution in [0.3, 0.4) is 0 Å². The largest absolute Gasteiger partial charge is 0.480 e. The molecule has 2 heterocycles. The van der Waals surface area contributed by atoms with E-state index in [0.717, 1.165) is 18.5 Å². The summed E-state index contributed by atoms with van der Waals surface area (Å²) in [5.74, 6) is -0.856. The molecule has 1 amide bonds. The standard InChI is InChI=1S/C15H19N5O3/c1-9-3-6-15(7-4-9,13(22)23)18-12(21)11-17-14-16-8-5-10(2)20(14)19-11/h5,8-9H,3-4,6-7H2,1-2H3,(H,18,21)(H,22,23). The van der Waals surface area contributed by atoms with Crippen molar-refractivity contribution >= 4 is 17.7 Å². The molecular weight excluding hydrogens is 298 g/mol. The van der Waals surface area contributed by atoms with Gasteiger partial charge in [-0.05, 0) is 44.6 Å². The second-order valence-electron chi connectivity index (χ2n) is 6.26. The van der Waals surface area contributed by atoms with Crippen LogP contribution in [0.5, 0.6) is 0 Å². The molecule has 3 rings (SSSR count). The monoisotopic (exact) mass is 317 g/mol. The van der Waals surface area contributed by atoms with E-state index in [1.165, 1.54) is 4.52 Å². The number of hydrogen-bond acceptors (Lipinski definition) is 5. The number of amides is 1. The highest BCUT2D eigenvalue weighted by Crippen LogP contribution is 2.32. The lowest BCUT2D eigenvalue weighted by atomic mass is 9.77. The maximum atomic E-state index is 12.4. The van der Waals surface area contributed by atoms with E-state index in [0.29, 0.717) is 24.5 Å². The second kappa shape index (κ2) is 5.60. The summed E-state index contributed by atoms with van der Waals surface area (Å²) < 4.78 is 1.46. The normalized spacial score (nSPS) is 24.5. The van der Waals surface area contributed by atoms with Gasteiger partial charge in [-0.2, -0.15) is 4.98 Å². The molecule has 0 atom stereocenters. The first-order chi connectivity index (χ1) is 10.9. The van der Waals surface area contributed by atoms with E-state index in [-0.39, 0.29) is 5.82 Å². The minimum atomic E-state index is -1.23. The molecule has 1 aliphatic carbocycles. The lowest BCUT2D eigenvalue weighted by Gasteiger charge is -2.36. The minimum Gasteiger partial charge on any atom is -0.480 e. The number of carboxylic acid groups (broad SMARTS) is 1. The molecule has 0 unspecified atom stereocenters. The van der Waals surface area contributed by atoms with E-state index in [9.17, 15) is 14.7 Å². The first-order valence-corrected chi connectivity index (χ1v) is 7.65. The predicted octanol–water partition coefficient (Wildman–Crippen LogP) is 1.20. The molecule has 0 aromatic carbocycles. The van der Waals surface area contributed by atoms with Crippen molar-refractivity contribution in [1.29, 1.82) is 0 Å². The van der Waals surface area contributed by atoms with Gasteiger partial charge in [-0.25, -0.2) is 14.3 Å². The second-order valence-corrected chi connectivity index (χ2v) is 6.26. The summed E-state index contributed by atoms with van der Waals surface area (Å²) in [5.41, 5.74) is -0.440. The zero-order valence-corrected chi connectivity index (χ0v) is 13.1. The van der Waals surface area contributed by atoms with E-state index in [1.807, 2.05) is 6.92 Å². The highest BCUT2D eigenvalue weighted by molar-refractivity contribution is 5.95. The fourth-order valence-corrected chi connectivity index (χ4v) is 2.92. The van der Waals surface area contributed by atoms with Crippen molar-refractivity contribution in [1.82, 2.24) is 24.9 Å². The van der Waals surface area contributed by atoms with E-state index >= 15 is 0 Å². The van der Waals surface area contributed by atoms with Crippen LogP contribution < -0.4 is 5.32 Å². The molecular formula is C15H19N5O3. The van der Waals surface area contributed by atoms with Gasteiger partial charge in [0.25, 0.3) is 11.7 Å². The topological polar surface area (TPSA) is 109 Å². The highest BCUT2D eigenvalue weighted by atomic mass is 16.4. The SMILES string of the molecule is Cc1ccnc2nc(C(=O)NC3(C(=O)O)CCC(C)CC3)nn12. The number of aliphatic carboxylic acids is 1. The van der Waals surface area contributed by atoms with Crippen LogP contribution in [0.15, 0.2) is 12.3 Å². The number of rotatable bonds is 3. The maximum absolute atomic E-state index is 12.4. The average Bonchev–Trinajstić information content (AvgIpc) is 2.95. The average molecular weight is 317 g/mol. The van der Waals surface area contributed by atoms with Crippen LogP contribution in [-0.2, 0) is 4.79 Å². The molecule has 0 saturated heterocycles. The van der Waals surface area contributed by atoms with E-state index in [2.05, 4.69) is 27.3 Å². The van der Waals surface area contributed by atoms with Gasteiger partial charge in [-0.15, -0.1) is 5.10 Å². The third-order valence-electron chi connectivity index (χ3n) is 4.52. The fraction of sp³-hybridized carbons (Fsp3) is 0.533. The van der Waals surface area contributed by atoms with E-state index < -0.39 is 17.4 Å². The number of aryl methyl sites for hydroxylation is 1. The van der Waals surface area contributed by atoms with Gasteiger partial charge < -0.3 is 10.4 Å². The Bertz CT molecular complexity index is 762. The van der Waals surface area contributed by atoms with Crippen LogP contribution in [0.25, 0.3) is 5.78 Å². The third kappa shape index (κ3) is 2.76. The first kappa shape index (κ1) is 15.4. The quantitative estimate of drug-likeness (QED) is 0.880. The summed E-state index contributed by atoms with van der Waals surface area (Å²) in [6, 6.07) is 1.75. The van der Waals surface area contributed by atoms with Crippen LogP contribution in [0.2, 0.25) is 0 Å². The van der Waals surface area contributed by atoms with Crippen molar-refractivity contribution in [2.75, 3.05) is 0 Å². The molecule has 8 nitrogen and oxygen atoms in total. The molecule has 23 heavy (non-hydrogen) atoms. The molecule has 2 N–H and O–H groups in total. The number of nitrogens with one attached hydrogen (secondary N) is 1. The number of carbonyl (C=O) groups is 2. The van der Waals surface area contributed by atoms with E-state index in [4.69, 9.17) is 0 Å². The highest BCUT2D eigenvalue weighted by Gasteiger charge is 2.43. The Labute approximate surface area is 132 Å². The van der Waals surface area contributed by atoms with Gasteiger partial charge in [-0.3, -0.25) is 4.79 Å². The van der Waals surface area contributed by atoms with Gasteiger partial charge in [0.05, 0.1) is 0 Å². The Hall–Kier alpha value is -2.51. The molecule has 0 spiro atoms. The van der Waals surface area contributed by atoms with Crippen LogP contribution in [0.4, 0.5) is 0 Å². The van der Waals surface area contributed by atoms with Crippen molar-refractivity contribution < 1.29 is 14.7 Å². The molecule has 8 heteroatoms. The van der Waals surface area contributed by atoms with Crippen LogP contribution >= 0.6 is 0 Å². The maximum Gasteiger partial charge on any atom is 0.329 e. The Morgan fingerprint density at radius 3 is 2.70 bits per heavy atom. The van der Waals surface area contributed by atoms with Gasteiger partial charge >= 0.3 is 5.97 Å². The predicted molar refractivity (Wildman–Crippen MR) is 81.0 cm³/mol. The number of fused-ring (bicyclic) bond motifs is 1. The molecule has 0 aliphatic heterocycles. The summed E-state index contributed by atoms with van der Waals surface area (Å²) in [5, 5.41) is 16.3. The van der Waals surface area contributed by atoms with Crippen LogP contribution in [0.1, 0.15) is 48.9 Å². The van der Waals surface area contributed by atoms with Crippen molar-refractivity contribution in [3.8, 4) is 0 Å². The Morgan fingerprint density at radius 2 is 2.09 bits per heavy atom. The van der Waals surface area contributed by atoms with Crippen molar-refractivity contribution in [2.45, 2.75) is 45.1 Å². The number of aromatic nitrogens is 4. The van der Waals surface area contributed by atoms with E-state index in [1.54, 1.807) is 12.3 Å². The zero-order valence-electron chi connectivity index (χ0n) is 13.1. The summed E-state index contributed by atoms with van der Waals surface area (Å²) in [6.07, 6.45) is 3.96. The lowest BCUT2D eigenvalue weighted by molar-refractivity contribution is -0.146. The summed E-state index contributed by atoms with van der Waals surface area (Å²) in [4.78, 5) is 32.3. The molecule has 0 radical (unpaired) electrons. The van der Waals surface area contributed by atoms with Crippen molar-refractivity contribution in [2.24, 2.45) is 5.92 Å². The lowest BCUT2D eigenvalue weighted by Crippen LogP contribution is -2.56. The minimum absolute atomic E-state index is 0.0638. The van der Waals surface area contributed by atoms with Gasteiger partial charge in [0.1, 0.15) is 5.54 Å². The summed E-state index contributed by atoms with van der Waals surface area (Å²) in [7, 11) is 0. The van der Waals surface area contributed by atoms with Crippen molar-refractivity contribution in [3.05, 3.63) is 23.8 Å². The molecule has 2 aromatic rings. The molecule has 1 aliphatic rings. The number of nitrogens with zero attached hydrogens (tertiary/aromatic N) is 4. The van der Waals surface area contributed by atoms with Gasteiger partial charge in [0, 0.05) is 11.9 Å². The number of carbonyl (C=O) groups excluding carboxylic acids is 1. The molecule has 122 valence electrons. The zero-order chi connectivity index (χ0) is 16.6. The van der Waals surface area contributed by atoms with Gasteiger partial charge in [-0.1, -0.05) is 6.92 Å². The third-order valence-corrected chi connectivity index (χ3v) is 4.52. The van der Waals surface area contributed by atoms with Gasteiger partial charge in [0.15, 0.2) is 0 Å². The number of hydrogen-bond donors (Lipinski definition) is 2. The number of carboxylic acids is 1. The Balaban J connectivity index is 1.86. The molecule has 1 saturated carbocycles. The molecule has 1 fully saturated rings. The molecule has 0 bridgehead atoms. The summed E-state index contributed by atoms with van der Waals surface area (Å²) in [6.45, 7) is 3.91. The van der Waals surface area contributed by atoms with Crippen LogP contribution in [0, 0.1) is 12.8 Å². The van der Waals surface area contributed by atoms with Crippen LogP contribution in [-0.4, -0.2) is 42.1 Å². The first-order valence-electron chi connectivity index (χ1n) is 7.65. The Kier molecular flexibility index (Phi) is 3.75. The molecule has 2 aromatic heterocycles. The fourth-order valence-electron chi connectivity index (χ4n) is 2.92. The Morgan fingerprint density at radius 1 is 1.39 bits per heavy atom. The smallest absolute Gasteiger partial charge is 0.329 e.